The van der Waals surface area contributed by atoms with Crippen LogP contribution in [-0.2, 0) is 20.0 Å². The molecule has 5 aromatic rings. The minimum Gasteiger partial charge on any atom is -0.495 e. The number of methoxy groups -OCH3 is 2. The molecule has 1 aromatic heterocycles. The second-order valence-electron chi connectivity index (χ2n) is 10.5. The number of rotatable bonds is 9. The van der Waals surface area contributed by atoms with E-state index in [9.17, 15) is 65.5 Å². The molecule has 0 aliphatic rings. The first-order valence-electron chi connectivity index (χ1n) is 14.4. The zero-order valence-electron chi connectivity index (χ0n) is 27.6. The van der Waals surface area contributed by atoms with Crippen LogP contribution in [0.15, 0.2) is 58.5 Å². The fourth-order valence-corrected chi connectivity index (χ4v) is 6.75. The van der Waals surface area contributed by atoms with Crippen molar-refractivity contribution in [2.75, 3.05) is 40.4 Å². The van der Waals surface area contributed by atoms with Gasteiger partial charge in [0.05, 0.1) is 43.2 Å². The van der Waals surface area contributed by atoms with Crippen LogP contribution >= 0.6 is 0 Å². The summed E-state index contributed by atoms with van der Waals surface area (Å²) in [6.45, 7) is 0. The molecule has 0 aliphatic carbocycles. The third kappa shape index (κ3) is 8.28. The van der Waals surface area contributed by atoms with Crippen molar-refractivity contribution in [2.45, 2.75) is 9.79 Å². The number of hydrogen-bond donors (Lipinski definition) is 5. The summed E-state index contributed by atoms with van der Waals surface area (Å²) in [5.41, 5.74) is 10.3. The molecule has 0 unspecified atom stereocenters. The number of ether oxygens (including phenoxy) is 2. The molecule has 0 radical (unpaired) electrons. The molecule has 5 rings (SSSR count). The maximum atomic E-state index is 13.9. The number of amides is 1. The molecule has 0 bridgehead atoms. The van der Waals surface area contributed by atoms with Crippen LogP contribution in [0.25, 0.3) is 0 Å². The molecule has 0 saturated heterocycles. The molecule has 7 N–H and O–H groups in total. The molecule has 1 amide bonds. The number of nitrogens with zero attached hydrogens (tertiary/aromatic N) is 2. The molecule has 0 aliphatic heterocycles. The zero-order valence-corrected chi connectivity index (χ0v) is 29.3. The van der Waals surface area contributed by atoms with E-state index in [1.807, 2.05) is 0 Å². The van der Waals surface area contributed by atoms with Crippen LogP contribution < -0.4 is 35.7 Å². The number of halogens is 10. The molecule has 0 fully saturated rings. The van der Waals surface area contributed by atoms with Gasteiger partial charge in [-0.25, -0.2) is 65.5 Å². The van der Waals surface area contributed by atoms with Gasteiger partial charge in [0.25, 0.3) is 20.0 Å². The molecule has 0 saturated carbocycles. The number of hydrogen-bond acceptors (Lipinski definition) is 10. The van der Waals surface area contributed by atoms with Gasteiger partial charge in [0.15, 0.2) is 56.3 Å². The SMILES string of the molecule is COc1ccc(NS(=O)(=O)c2c(F)c(F)c(F)c(F)c2F)cc1N.COc1ccc(NS(=O)(=O)c2c(F)c(F)c(F)c(F)c2F)cc1NC(=O)n1nccc1N. The highest BCUT2D eigenvalue weighted by Gasteiger charge is 2.35. The Morgan fingerprint density at radius 3 is 1.38 bits per heavy atom. The number of nitrogens with two attached hydrogens (primary N) is 2. The van der Waals surface area contributed by atoms with Crippen molar-refractivity contribution in [3.63, 3.8) is 0 Å². The minimum atomic E-state index is -5.29. The highest BCUT2D eigenvalue weighted by atomic mass is 32.2. The van der Waals surface area contributed by atoms with Crippen molar-refractivity contribution >= 4 is 54.6 Å². The smallest absolute Gasteiger partial charge is 0.348 e. The van der Waals surface area contributed by atoms with E-state index in [0.717, 1.165) is 28.9 Å². The van der Waals surface area contributed by atoms with Crippen LogP contribution in [0.5, 0.6) is 11.5 Å². The quantitative estimate of drug-likeness (QED) is 0.0519. The van der Waals surface area contributed by atoms with Crippen LogP contribution in [-0.4, -0.2) is 46.9 Å². The standard InChI is InChI=1S/C17H12F5N5O4S.C13H9F5N2O3S/c1-31-9-3-2-7(6-8(9)25-17(28)27-10(23)4-5-24-27)26-32(29,30)16-14(21)12(19)11(18)13(20)15(16)22;1-23-7-3-2-5(4-6(7)19)20-24(21,22)13-11(17)9(15)8(14)10(16)12(13)18/h2-6,26H,23H2,1H3,(H,25,28);2-4,20H,19H2,1H3. The van der Waals surface area contributed by atoms with Crippen molar-refractivity contribution < 1.29 is 75.0 Å². The van der Waals surface area contributed by atoms with E-state index < -0.39 is 99.7 Å². The van der Waals surface area contributed by atoms with Crippen molar-refractivity contribution in [1.29, 1.82) is 0 Å². The van der Waals surface area contributed by atoms with Crippen LogP contribution in [0, 0.1) is 58.2 Å². The predicted molar refractivity (Wildman–Crippen MR) is 176 cm³/mol. The molecule has 0 atom stereocenters. The van der Waals surface area contributed by atoms with E-state index in [-0.39, 0.29) is 34.4 Å². The lowest BCUT2D eigenvalue weighted by atomic mass is 10.2. The maximum Gasteiger partial charge on any atom is 0.348 e. The summed E-state index contributed by atoms with van der Waals surface area (Å²) < 4.78 is 197. The lowest BCUT2D eigenvalue weighted by molar-refractivity contribution is 0.251. The van der Waals surface area contributed by atoms with Crippen molar-refractivity contribution in [3.8, 4) is 11.5 Å². The number of anilines is 5. The van der Waals surface area contributed by atoms with Crippen LogP contribution in [0.1, 0.15) is 0 Å². The highest BCUT2D eigenvalue weighted by Crippen LogP contribution is 2.33. The van der Waals surface area contributed by atoms with Gasteiger partial charge in [0, 0.05) is 6.07 Å². The third-order valence-electron chi connectivity index (χ3n) is 6.92. The maximum absolute atomic E-state index is 13.9. The van der Waals surface area contributed by atoms with Gasteiger partial charge < -0.3 is 26.3 Å². The summed E-state index contributed by atoms with van der Waals surface area (Å²) in [6, 6.07) is 7.06. The Labute approximate surface area is 307 Å². The Bertz CT molecular complexity index is 2540. The number of benzene rings is 4. The Kier molecular flexibility index (Phi) is 12.2. The molecular weight excluding hydrogens is 824 g/mol. The summed E-state index contributed by atoms with van der Waals surface area (Å²) in [6.07, 6.45) is 1.24. The van der Waals surface area contributed by atoms with Crippen molar-refractivity contribution in [1.82, 2.24) is 9.78 Å². The highest BCUT2D eigenvalue weighted by molar-refractivity contribution is 7.93. The van der Waals surface area contributed by atoms with Crippen LogP contribution in [0.2, 0.25) is 0 Å². The molecule has 14 nitrogen and oxygen atoms in total. The van der Waals surface area contributed by atoms with E-state index >= 15 is 0 Å². The van der Waals surface area contributed by atoms with Gasteiger partial charge >= 0.3 is 6.03 Å². The lowest BCUT2D eigenvalue weighted by Crippen LogP contribution is -2.23. The van der Waals surface area contributed by atoms with E-state index in [4.69, 9.17) is 20.9 Å². The van der Waals surface area contributed by atoms with Gasteiger partial charge in [-0.15, -0.1) is 0 Å². The normalized spacial score (nSPS) is 11.4. The fourth-order valence-electron chi connectivity index (χ4n) is 4.37. The minimum absolute atomic E-state index is 0.0184. The van der Waals surface area contributed by atoms with E-state index in [1.54, 1.807) is 9.44 Å². The molecule has 0 spiro atoms. The third-order valence-corrected chi connectivity index (χ3v) is 9.72. The average Bonchev–Trinajstić information content (AvgIpc) is 3.57. The number of nitrogen functional groups attached to an aromatic ring is 2. The lowest BCUT2D eigenvalue weighted by Gasteiger charge is -2.14. The van der Waals surface area contributed by atoms with Crippen molar-refractivity contribution in [3.05, 3.63) is 107 Å². The van der Waals surface area contributed by atoms with Gasteiger partial charge in [0.1, 0.15) is 17.3 Å². The molecule has 1 heterocycles. The Hall–Kier alpha value is -6.44. The first-order valence-corrected chi connectivity index (χ1v) is 17.3. The van der Waals surface area contributed by atoms with Gasteiger partial charge in [-0.05, 0) is 36.4 Å². The predicted octanol–water partition coefficient (Wildman–Crippen LogP) is 5.82. The topological polar surface area (TPSA) is 210 Å². The summed E-state index contributed by atoms with van der Waals surface area (Å²) in [5, 5.41) is 6.00. The Balaban J connectivity index is 0.000000259. The number of nitrogens with one attached hydrogen (secondary N) is 3. The number of aromatic nitrogens is 2. The number of carbonyl (C=O) groups is 1. The van der Waals surface area contributed by atoms with Crippen LogP contribution in [0.3, 0.4) is 0 Å². The molecule has 4 aromatic carbocycles. The summed E-state index contributed by atoms with van der Waals surface area (Å²) in [5.74, 6) is -24.4. The van der Waals surface area contributed by atoms with Gasteiger partial charge in [-0.2, -0.15) is 9.78 Å². The second kappa shape index (κ2) is 16.1. The summed E-state index contributed by atoms with van der Waals surface area (Å²) in [4.78, 5) is 8.21. The van der Waals surface area contributed by atoms with Gasteiger partial charge in [-0.3, -0.25) is 9.44 Å². The van der Waals surface area contributed by atoms with E-state index in [2.05, 4.69) is 10.4 Å². The Morgan fingerprint density at radius 2 is 1.00 bits per heavy atom. The average molecular weight is 846 g/mol. The number of sulfonamides is 2. The first-order chi connectivity index (χ1) is 26.1. The summed E-state index contributed by atoms with van der Waals surface area (Å²) >= 11 is 0. The van der Waals surface area contributed by atoms with Gasteiger partial charge in [0.2, 0.25) is 11.6 Å². The monoisotopic (exact) mass is 845 g/mol. The zero-order chi connectivity index (χ0) is 42.0. The van der Waals surface area contributed by atoms with Gasteiger partial charge in [-0.1, -0.05) is 0 Å². The second-order valence-corrected chi connectivity index (χ2v) is 13.7. The largest absolute Gasteiger partial charge is 0.495 e. The van der Waals surface area contributed by atoms with E-state index in [0.29, 0.717) is 0 Å². The molecule has 300 valence electrons. The summed E-state index contributed by atoms with van der Waals surface area (Å²) in [7, 11) is -7.88. The van der Waals surface area contributed by atoms with Crippen molar-refractivity contribution in [2.24, 2.45) is 0 Å². The molecular formula is C30H21F10N7O7S2. The first kappa shape index (κ1) is 42.3. The molecule has 26 heteroatoms. The van der Waals surface area contributed by atoms with Crippen LogP contribution in [0.4, 0.5) is 77.3 Å². The molecule has 56 heavy (non-hydrogen) atoms. The fraction of sp³-hybridized carbons (Fsp3) is 0.0667. The Morgan fingerprint density at radius 1 is 0.607 bits per heavy atom. The number of carbonyl (C=O) groups excluding carboxylic acids is 1. The van der Waals surface area contributed by atoms with E-state index in [1.165, 1.54) is 38.6 Å².